The van der Waals surface area contributed by atoms with E-state index < -0.39 is 22.1 Å². The lowest BCUT2D eigenvalue weighted by Crippen LogP contribution is -2.25. The van der Waals surface area contributed by atoms with Crippen molar-refractivity contribution in [2.24, 2.45) is 0 Å². The Hall–Kier alpha value is -2.06. The van der Waals surface area contributed by atoms with Gasteiger partial charge < -0.3 is 4.74 Å². The van der Waals surface area contributed by atoms with Crippen LogP contribution in [0.25, 0.3) is 0 Å². The highest BCUT2D eigenvalue weighted by molar-refractivity contribution is 7.88. The molecule has 2 aromatic carbocycles. The van der Waals surface area contributed by atoms with E-state index in [2.05, 4.69) is 9.46 Å². The van der Waals surface area contributed by atoms with Gasteiger partial charge in [0, 0.05) is 12.1 Å². The second-order valence-electron chi connectivity index (χ2n) is 4.72. The minimum Gasteiger partial charge on any atom is -0.405 e. The van der Waals surface area contributed by atoms with Gasteiger partial charge in [-0.2, -0.15) is 0 Å². The normalized spacial score (nSPS) is 12.1. The van der Waals surface area contributed by atoms with Gasteiger partial charge in [0.25, 0.3) is 0 Å². The van der Waals surface area contributed by atoms with E-state index in [-0.39, 0.29) is 17.9 Å². The molecule has 0 aliphatic heterocycles. The Balaban J connectivity index is 2.06. The van der Waals surface area contributed by atoms with Gasteiger partial charge in [-0.15, -0.1) is 13.2 Å². The number of benzene rings is 2. The molecule has 0 unspecified atom stereocenters. The smallest absolute Gasteiger partial charge is 0.405 e. The van der Waals surface area contributed by atoms with E-state index in [0.29, 0.717) is 5.56 Å². The van der Waals surface area contributed by atoms with Crippen molar-refractivity contribution in [2.45, 2.75) is 18.7 Å². The standard InChI is InChI=1S/C15H14F3NO3S/c16-15(17,18)22-14-9-5-4-8-13(14)10-19-23(20,21)11-12-6-2-1-3-7-12/h1-9,19H,10-11H2. The highest BCUT2D eigenvalue weighted by Crippen LogP contribution is 2.26. The summed E-state index contributed by atoms with van der Waals surface area (Å²) in [6.45, 7) is -0.290. The Bertz CT molecular complexity index is 746. The zero-order valence-electron chi connectivity index (χ0n) is 11.9. The molecular formula is C15H14F3NO3S. The predicted molar refractivity (Wildman–Crippen MR) is 79.0 cm³/mol. The first-order chi connectivity index (χ1) is 10.8. The van der Waals surface area contributed by atoms with Crippen LogP contribution in [-0.2, 0) is 22.3 Å². The minimum absolute atomic E-state index is 0.0986. The maximum absolute atomic E-state index is 12.3. The van der Waals surface area contributed by atoms with Crippen molar-refractivity contribution in [2.75, 3.05) is 0 Å². The zero-order chi connectivity index (χ0) is 16.9. The molecule has 0 fully saturated rings. The fourth-order valence-electron chi connectivity index (χ4n) is 1.91. The van der Waals surface area contributed by atoms with E-state index in [1.165, 1.54) is 18.2 Å². The maximum atomic E-state index is 12.3. The first-order valence-electron chi connectivity index (χ1n) is 6.60. The van der Waals surface area contributed by atoms with Crippen LogP contribution in [0.4, 0.5) is 13.2 Å². The SMILES string of the molecule is O=S(=O)(Cc1ccccc1)NCc1ccccc1OC(F)(F)F. The average molecular weight is 345 g/mol. The van der Waals surface area contributed by atoms with E-state index in [0.717, 1.165) is 6.07 Å². The molecule has 4 nitrogen and oxygen atoms in total. The zero-order valence-corrected chi connectivity index (χ0v) is 12.7. The number of hydrogen-bond donors (Lipinski definition) is 1. The van der Waals surface area contributed by atoms with Crippen LogP contribution in [-0.4, -0.2) is 14.8 Å². The lowest BCUT2D eigenvalue weighted by Gasteiger charge is -2.13. The third-order valence-electron chi connectivity index (χ3n) is 2.88. The summed E-state index contributed by atoms with van der Waals surface area (Å²) in [4.78, 5) is 0. The van der Waals surface area contributed by atoms with Crippen molar-refractivity contribution in [1.29, 1.82) is 0 Å². The molecule has 124 valence electrons. The number of alkyl halides is 3. The number of halogens is 3. The van der Waals surface area contributed by atoms with E-state index in [9.17, 15) is 21.6 Å². The second-order valence-corrected chi connectivity index (χ2v) is 6.53. The first-order valence-corrected chi connectivity index (χ1v) is 8.25. The van der Waals surface area contributed by atoms with Crippen molar-refractivity contribution >= 4 is 10.0 Å². The lowest BCUT2D eigenvalue weighted by atomic mass is 10.2. The van der Waals surface area contributed by atoms with Crippen LogP contribution in [0, 0.1) is 0 Å². The third-order valence-corrected chi connectivity index (χ3v) is 4.18. The van der Waals surface area contributed by atoms with Crippen LogP contribution >= 0.6 is 0 Å². The largest absolute Gasteiger partial charge is 0.573 e. The van der Waals surface area contributed by atoms with Gasteiger partial charge in [0.15, 0.2) is 0 Å². The third kappa shape index (κ3) is 5.91. The van der Waals surface area contributed by atoms with Crippen LogP contribution in [0.5, 0.6) is 5.75 Å². The molecule has 0 radical (unpaired) electrons. The van der Waals surface area contributed by atoms with E-state index in [1.807, 2.05) is 0 Å². The molecule has 2 rings (SSSR count). The Kier molecular flexibility index (Phi) is 5.27. The minimum atomic E-state index is -4.83. The molecule has 0 saturated carbocycles. The molecule has 0 aromatic heterocycles. The molecule has 0 saturated heterocycles. The second kappa shape index (κ2) is 7.01. The van der Waals surface area contributed by atoms with E-state index in [4.69, 9.17) is 0 Å². The van der Waals surface area contributed by atoms with E-state index in [1.54, 1.807) is 30.3 Å². The fraction of sp³-hybridized carbons (Fsp3) is 0.200. The Morgan fingerprint density at radius 2 is 1.57 bits per heavy atom. The summed E-state index contributed by atoms with van der Waals surface area (Å²) in [6, 6.07) is 13.9. The van der Waals surface area contributed by atoms with Gasteiger partial charge in [-0.05, 0) is 11.6 Å². The van der Waals surface area contributed by atoms with Crippen LogP contribution < -0.4 is 9.46 Å². The van der Waals surface area contributed by atoms with Crippen molar-refractivity contribution in [3.05, 3.63) is 65.7 Å². The molecule has 0 atom stereocenters. The monoisotopic (exact) mass is 345 g/mol. The number of sulfonamides is 1. The van der Waals surface area contributed by atoms with Crippen LogP contribution in [0.15, 0.2) is 54.6 Å². The lowest BCUT2D eigenvalue weighted by molar-refractivity contribution is -0.274. The summed E-state index contributed by atoms with van der Waals surface area (Å²) >= 11 is 0. The Morgan fingerprint density at radius 3 is 2.22 bits per heavy atom. The topological polar surface area (TPSA) is 55.4 Å². The first kappa shape index (κ1) is 17.3. The molecular weight excluding hydrogens is 331 g/mol. The van der Waals surface area contributed by atoms with Gasteiger partial charge in [0.1, 0.15) is 5.75 Å². The molecule has 0 amide bonds. The van der Waals surface area contributed by atoms with Crippen LogP contribution in [0.2, 0.25) is 0 Å². The van der Waals surface area contributed by atoms with Crippen molar-refractivity contribution in [3.8, 4) is 5.75 Å². The molecule has 0 aliphatic carbocycles. The Labute approximate surface area is 132 Å². The number of rotatable bonds is 6. The highest BCUT2D eigenvalue weighted by atomic mass is 32.2. The summed E-state index contributed by atoms with van der Waals surface area (Å²) in [5.41, 5.74) is 0.682. The molecule has 0 heterocycles. The summed E-state index contributed by atoms with van der Waals surface area (Å²) in [7, 11) is -3.68. The van der Waals surface area contributed by atoms with Gasteiger partial charge in [0.2, 0.25) is 10.0 Å². The summed E-state index contributed by atoms with van der Waals surface area (Å²) < 4.78 is 67.1. The number of nitrogens with one attached hydrogen (secondary N) is 1. The summed E-state index contributed by atoms with van der Waals surface area (Å²) in [5.74, 6) is -0.682. The van der Waals surface area contributed by atoms with Crippen LogP contribution in [0.1, 0.15) is 11.1 Å². The molecule has 8 heteroatoms. The van der Waals surface area contributed by atoms with Gasteiger partial charge in [-0.1, -0.05) is 48.5 Å². The average Bonchev–Trinajstić information content (AvgIpc) is 2.45. The van der Waals surface area contributed by atoms with Crippen LogP contribution in [0.3, 0.4) is 0 Å². The van der Waals surface area contributed by atoms with Gasteiger partial charge in [-0.3, -0.25) is 0 Å². The molecule has 1 N–H and O–H groups in total. The van der Waals surface area contributed by atoms with Gasteiger partial charge in [0.05, 0.1) is 5.75 Å². The summed E-state index contributed by atoms with van der Waals surface area (Å²) in [5, 5.41) is 0. The summed E-state index contributed by atoms with van der Waals surface area (Å²) in [6.07, 6.45) is -4.83. The molecule has 23 heavy (non-hydrogen) atoms. The van der Waals surface area contributed by atoms with E-state index >= 15 is 0 Å². The van der Waals surface area contributed by atoms with Crippen molar-refractivity contribution < 1.29 is 26.3 Å². The van der Waals surface area contributed by atoms with Gasteiger partial charge >= 0.3 is 6.36 Å². The Morgan fingerprint density at radius 1 is 0.957 bits per heavy atom. The van der Waals surface area contributed by atoms with Gasteiger partial charge in [-0.25, -0.2) is 13.1 Å². The van der Waals surface area contributed by atoms with Crippen molar-refractivity contribution in [1.82, 2.24) is 4.72 Å². The molecule has 2 aromatic rings. The fourth-order valence-corrected chi connectivity index (χ4v) is 3.02. The number of hydrogen-bond acceptors (Lipinski definition) is 3. The maximum Gasteiger partial charge on any atom is 0.573 e. The number of ether oxygens (including phenoxy) is 1. The predicted octanol–water partition coefficient (Wildman–Crippen LogP) is 3.20. The molecule has 0 spiro atoms. The molecule has 0 aliphatic rings. The van der Waals surface area contributed by atoms with Crippen molar-refractivity contribution in [3.63, 3.8) is 0 Å². The molecule has 0 bridgehead atoms. The quantitative estimate of drug-likeness (QED) is 0.875. The highest BCUT2D eigenvalue weighted by Gasteiger charge is 2.32. The number of para-hydroxylation sites is 1.